The van der Waals surface area contributed by atoms with Gasteiger partial charge in [-0.15, -0.1) is 0 Å². The van der Waals surface area contributed by atoms with Crippen LogP contribution in [0.2, 0.25) is 0 Å². The van der Waals surface area contributed by atoms with Gasteiger partial charge < -0.3 is 20.9 Å². The van der Waals surface area contributed by atoms with Crippen molar-refractivity contribution < 1.29 is 4.79 Å². The number of hydrogen-bond acceptors (Lipinski definition) is 6. The number of anilines is 2. The summed E-state index contributed by atoms with van der Waals surface area (Å²) in [6, 6.07) is 2.33. The standard InChI is InChI=1S/C16H23N7O/c1-17-14-8-13-20-11-4-2-6-22(10-11)7-3-5-18-16(24)12-9-19-23(14)15(12)21-13/h8-9,11,17H,2-7,10H2,1H3,(H,18,24)(H,20,21). The molecular weight excluding hydrogens is 306 g/mol. The number of carbonyl (C=O) groups is 1. The van der Waals surface area contributed by atoms with Crippen molar-refractivity contribution in [3.8, 4) is 0 Å². The molecule has 0 aliphatic carbocycles. The smallest absolute Gasteiger partial charge is 0.256 e. The maximum absolute atomic E-state index is 12.5. The molecule has 128 valence electrons. The van der Waals surface area contributed by atoms with Crippen molar-refractivity contribution in [1.82, 2.24) is 24.8 Å². The lowest BCUT2D eigenvalue weighted by atomic mass is 10.1. The maximum atomic E-state index is 12.5. The van der Waals surface area contributed by atoms with Gasteiger partial charge in [0.2, 0.25) is 0 Å². The van der Waals surface area contributed by atoms with Crippen molar-refractivity contribution in [1.29, 1.82) is 0 Å². The van der Waals surface area contributed by atoms with Crippen LogP contribution in [0.5, 0.6) is 0 Å². The average Bonchev–Trinajstić information content (AvgIpc) is 3.01. The van der Waals surface area contributed by atoms with Gasteiger partial charge in [0.25, 0.3) is 5.91 Å². The van der Waals surface area contributed by atoms with Crippen molar-refractivity contribution in [3.05, 3.63) is 17.8 Å². The molecule has 0 saturated carbocycles. The molecule has 4 bridgehead atoms. The highest BCUT2D eigenvalue weighted by molar-refractivity contribution is 6.00. The van der Waals surface area contributed by atoms with Gasteiger partial charge in [0.15, 0.2) is 5.65 Å². The minimum Gasteiger partial charge on any atom is -0.373 e. The molecular formula is C16H23N7O. The molecule has 0 aromatic carbocycles. The molecule has 0 spiro atoms. The first-order chi connectivity index (χ1) is 11.7. The molecule has 2 unspecified atom stereocenters. The Morgan fingerprint density at radius 1 is 1.33 bits per heavy atom. The normalized spacial score (nSPS) is 24.5. The van der Waals surface area contributed by atoms with E-state index < -0.39 is 0 Å². The first-order valence-electron chi connectivity index (χ1n) is 8.58. The van der Waals surface area contributed by atoms with E-state index in [9.17, 15) is 4.79 Å². The maximum Gasteiger partial charge on any atom is 0.256 e. The predicted octanol–water partition coefficient (Wildman–Crippen LogP) is 0.781. The molecule has 2 aliphatic heterocycles. The molecule has 2 aliphatic rings. The van der Waals surface area contributed by atoms with Gasteiger partial charge in [0.1, 0.15) is 17.2 Å². The Balaban J connectivity index is 1.77. The molecule has 1 saturated heterocycles. The average molecular weight is 329 g/mol. The Bertz CT molecular complexity index is 756. The number of carbonyl (C=O) groups excluding carboxylic acids is 1. The van der Waals surface area contributed by atoms with Crippen LogP contribution in [0, 0.1) is 0 Å². The minimum atomic E-state index is -0.117. The summed E-state index contributed by atoms with van der Waals surface area (Å²) < 4.78 is 1.67. The molecule has 1 amide bonds. The van der Waals surface area contributed by atoms with Crippen LogP contribution in [0.15, 0.2) is 12.3 Å². The lowest BCUT2D eigenvalue weighted by Crippen LogP contribution is -2.43. The Morgan fingerprint density at radius 2 is 2.21 bits per heavy atom. The van der Waals surface area contributed by atoms with E-state index in [0.717, 1.165) is 44.1 Å². The van der Waals surface area contributed by atoms with E-state index in [1.807, 2.05) is 13.1 Å². The van der Waals surface area contributed by atoms with Gasteiger partial charge in [-0.3, -0.25) is 4.79 Å². The molecule has 3 N–H and O–H groups in total. The summed E-state index contributed by atoms with van der Waals surface area (Å²) in [6.07, 6.45) is 4.87. The molecule has 2 aromatic heterocycles. The van der Waals surface area contributed by atoms with E-state index in [1.165, 1.54) is 6.42 Å². The summed E-state index contributed by atoms with van der Waals surface area (Å²) in [4.78, 5) is 19.6. The van der Waals surface area contributed by atoms with E-state index in [1.54, 1.807) is 10.7 Å². The Morgan fingerprint density at radius 3 is 3.08 bits per heavy atom. The minimum absolute atomic E-state index is 0.117. The second kappa shape index (κ2) is 6.27. The Labute approximate surface area is 140 Å². The zero-order valence-corrected chi connectivity index (χ0v) is 13.9. The fourth-order valence-corrected chi connectivity index (χ4v) is 3.56. The SMILES string of the molecule is CNc1cc2nc3c(cnn13)C(=O)NCCCN1CCCC(C1)N2. The quantitative estimate of drug-likeness (QED) is 0.717. The highest BCUT2D eigenvalue weighted by atomic mass is 16.1. The number of rotatable bonds is 1. The van der Waals surface area contributed by atoms with Crippen molar-refractivity contribution in [2.24, 2.45) is 0 Å². The van der Waals surface area contributed by atoms with Crippen LogP contribution in [0.3, 0.4) is 0 Å². The van der Waals surface area contributed by atoms with E-state index in [2.05, 4.69) is 30.9 Å². The second-order valence-electron chi connectivity index (χ2n) is 6.46. The monoisotopic (exact) mass is 329 g/mol. The molecule has 8 nitrogen and oxygen atoms in total. The highest BCUT2D eigenvalue weighted by Crippen LogP contribution is 2.21. The lowest BCUT2D eigenvalue weighted by molar-refractivity contribution is 0.0952. The largest absolute Gasteiger partial charge is 0.373 e. The van der Waals surface area contributed by atoms with Crippen LogP contribution in [0.4, 0.5) is 11.6 Å². The van der Waals surface area contributed by atoms with Crippen molar-refractivity contribution >= 4 is 23.2 Å². The zero-order chi connectivity index (χ0) is 16.5. The van der Waals surface area contributed by atoms with E-state index in [4.69, 9.17) is 0 Å². The van der Waals surface area contributed by atoms with E-state index >= 15 is 0 Å². The topological polar surface area (TPSA) is 86.6 Å². The molecule has 8 heteroatoms. The summed E-state index contributed by atoms with van der Waals surface area (Å²) in [6.45, 7) is 3.82. The number of fused-ring (bicyclic) bond motifs is 3. The van der Waals surface area contributed by atoms with Crippen molar-refractivity contribution in [2.75, 3.05) is 43.9 Å². The van der Waals surface area contributed by atoms with E-state index in [0.29, 0.717) is 23.8 Å². The summed E-state index contributed by atoms with van der Waals surface area (Å²) in [5, 5.41) is 14.0. The molecule has 0 radical (unpaired) electrons. The lowest BCUT2D eigenvalue weighted by Gasteiger charge is -2.33. The van der Waals surface area contributed by atoms with Gasteiger partial charge in [0, 0.05) is 32.2 Å². The van der Waals surface area contributed by atoms with Crippen LogP contribution < -0.4 is 16.0 Å². The number of nitrogens with zero attached hydrogens (tertiary/aromatic N) is 4. The number of hydrogen-bond donors (Lipinski definition) is 3. The van der Waals surface area contributed by atoms with Crippen LogP contribution in [-0.4, -0.2) is 64.7 Å². The van der Waals surface area contributed by atoms with Crippen LogP contribution in [0.25, 0.3) is 5.65 Å². The van der Waals surface area contributed by atoms with Gasteiger partial charge in [-0.1, -0.05) is 0 Å². The molecule has 1 fully saturated rings. The number of aromatic nitrogens is 3. The van der Waals surface area contributed by atoms with Crippen molar-refractivity contribution in [3.63, 3.8) is 0 Å². The summed E-state index contributed by atoms with van der Waals surface area (Å²) in [7, 11) is 1.84. The highest BCUT2D eigenvalue weighted by Gasteiger charge is 2.22. The molecule has 4 rings (SSSR count). The van der Waals surface area contributed by atoms with Gasteiger partial charge >= 0.3 is 0 Å². The summed E-state index contributed by atoms with van der Waals surface area (Å²) in [5.74, 6) is 1.48. The summed E-state index contributed by atoms with van der Waals surface area (Å²) >= 11 is 0. The van der Waals surface area contributed by atoms with Gasteiger partial charge in [-0.05, 0) is 32.4 Å². The number of amides is 1. The Hall–Kier alpha value is -2.35. The second-order valence-corrected chi connectivity index (χ2v) is 6.46. The van der Waals surface area contributed by atoms with E-state index in [-0.39, 0.29) is 5.91 Å². The molecule has 2 atom stereocenters. The third-order valence-corrected chi connectivity index (χ3v) is 4.77. The third kappa shape index (κ3) is 2.77. The van der Waals surface area contributed by atoms with Gasteiger partial charge in [-0.25, -0.2) is 4.98 Å². The third-order valence-electron chi connectivity index (χ3n) is 4.77. The van der Waals surface area contributed by atoms with Gasteiger partial charge in [-0.2, -0.15) is 9.61 Å². The summed E-state index contributed by atoms with van der Waals surface area (Å²) in [5.41, 5.74) is 1.09. The molecule has 2 aromatic rings. The number of nitrogens with one attached hydrogen (secondary N) is 3. The first kappa shape index (κ1) is 15.2. The predicted molar refractivity (Wildman–Crippen MR) is 92.6 cm³/mol. The first-order valence-corrected chi connectivity index (χ1v) is 8.58. The zero-order valence-electron chi connectivity index (χ0n) is 13.9. The van der Waals surface area contributed by atoms with Crippen LogP contribution in [-0.2, 0) is 0 Å². The van der Waals surface area contributed by atoms with Crippen LogP contribution in [0.1, 0.15) is 29.6 Å². The fourth-order valence-electron chi connectivity index (χ4n) is 3.56. The molecule has 4 heterocycles. The number of piperidine rings is 1. The molecule has 24 heavy (non-hydrogen) atoms. The van der Waals surface area contributed by atoms with Gasteiger partial charge in [0.05, 0.1) is 6.20 Å². The Kier molecular flexibility index (Phi) is 3.97. The van der Waals surface area contributed by atoms with Crippen LogP contribution >= 0.6 is 0 Å². The fraction of sp³-hybridized carbons (Fsp3) is 0.562. The van der Waals surface area contributed by atoms with Crippen molar-refractivity contribution in [2.45, 2.75) is 25.3 Å².